The minimum atomic E-state index is -3.99. The Morgan fingerprint density at radius 3 is 2.71 bits per heavy atom. The summed E-state index contributed by atoms with van der Waals surface area (Å²) in [6.45, 7) is 0.784. The fourth-order valence-corrected chi connectivity index (χ4v) is 4.20. The van der Waals surface area contributed by atoms with Crippen LogP contribution in [0.3, 0.4) is 0 Å². The first-order valence-corrected chi connectivity index (χ1v) is 10.5. The fraction of sp³-hybridized carbons (Fsp3) is 0.368. The Bertz CT molecular complexity index is 902. The zero-order valence-electron chi connectivity index (χ0n) is 15.2. The largest absolute Gasteiger partial charge is 0.381 e. The fourth-order valence-electron chi connectivity index (χ4n) is 3.18. The first kappa shape index (κ1) is 20.4. The van der Waals surface area contributed by atoms with Gasteiger partial charge in [-0.25, -0.2) is 17.5 Å². The number of nitrogens with zero attached hydrogens (tertiary/aromatic N) is 1. The maximum atomic E-state index is 13.3. The normalized spacial score (nSPS) is 16.5. The quantitative estimate of drug-likeness (QED) is 0.729. The van der Waals surface area contributed by atoms with Crippen molar-refractivity contribution in [3.05, 3.63) is 60.2 Å². The molecule has 28 heavy (non-hydrogen) atoms. The van der Waals surface area contributed by atoms with Crippen molar-refractivity contribution in [2.45, 2.75) is 23.8 Å². The van der Waals surface area contributed by atoms with Gasteiger partial charge in [-0.05, 0) is 48.6 Å². The molecule has 150 valence electrons. The van der Waals surface area contributed by atoms with Crippen LogP contribution in [0.4, 0.5) is 4.39 Å². The van der Waals surface area contributed by atoms with Crippen LogP contribution in [0.15, 0.2) is 53.7 Å². The van der Waals surface area contributed by atoms with Gasteiger partial charge in [0.05, 0.1) is 17.5 Å². The van der Waals surface area contributed by atoms with E-state index in [9.17, 15) is 17.6 Å². The van der Waals surface area contributed by atoms with Crippen molar-refractivity contribution in [3.8, 4) is 0 Å². The van der Waals surface area contributed by atoms with E-state index in [0.717, 1.165) is 30.5 Å². The topological polar surface area (TPSA) is 97.4 Å². The van der Waals surface area contributed by atoms with Gasteiger partial charge in [-0.2, -0.15) is 0 Å². The molecule has 1 atom stereocenters. The number of carbonyl (C=O) groups excluding carboxylic acids is 1. The number of ether oxygens (including phenoxy) is 1. The van der Waals surface area contributed by atoms with E-state index in [1.807, 2.05) is 6.07 Å². The molecule has 2 aromatic rings. The van der Waals surface area contributed by atoms with Gasteiger partial charge in [0.15, 0.2) is 0 Å². The molecule has 1 aliphatic rings. The molecule has 1 unspecified atom stereocenters. The van der Waals surface area contributed by atoms with E-state index >= 15 is 0 Å². The van der Waals surface area contributed by atoms with E-state index in [4.69, 9.17) is 4.74 Å². The van der Waals surface area contributed by atoms with Crippen LogP contribution >= 0.6 is 0 Å². The molecule has 3 rings (SSSR count). The predicted octanol–water partition coefficient (Wildman–Crippen LogP) is 1.78. The summed E-state index contributed by atoms with van der Waals surface area (Å²) in [4.78, 5) is 16.3. The molecule has 2 heterocycles. The highest BCUT2D eigenvalue weighted by atomic mass is 32.2. The van der Waals surface area contributed by atoms with E-state index in [0.29, 0.717) is 13.2 Å². The second kappa shape index (κ2) is 9.22. The summed E-state index contributed by atoms with van der Waals surface area (Å²) in [6.07, 6.45) is 4.92. The van der Waals surface area contributed by atoms with Gasteiger partial charge in [-0.3, -0.25) is 9.78 Å². The first-order valence-electron chi connectivity index (χ1n) is 8.98. The van der Waals surface area contributed by atoms with Crippen molar-refractivity contribution in [3.63, 3.8) is 0 Å². The third kappa shape index (κ3) is 5.34. The lowest BCUT2D eigenvalue weighted by atomic mass is 9.87. The molecular formula is C19H22FN3O4S. The number of sulfonamides is 1. The minimum absolute atomic E-state index is 0.168. The van der Waals surface area contributed by atoms with Crippen molar-refractivity contribution in [2.24, 2.45) is 5.92 Å². The third-order valence-electron chi connectivity index (χ3n) is 4.63. The zero-order chi connectivity index (χ0) is 20.0. The first-order chi connectivity index (χ1) is 13.5. The number of hydrogen-bond donors (Lipinski definition) is 2. The Morgan fingerprint density at radius 1 is 1.25 bits per heavy atom. The number of carbonyl (C=O) groups is 1. The Morgan fingerprint density at radius 2 is 2.04 bits per heavy atom. The van der Waals surface area contributed by atoms with Gasteiger partial charge in [0.1, 0.15) is 5.82 Å². The summed E-state index contributed by atoms with van der Waals surface area (Å²) >= 11 is 0. The number of hydrogen-bond acceptors (Lipinski definition) is 5. The summed E-state index contributed by atoms with van der Waals surface area (Å²) < 4.78 is 45.4. The van der Waals surface area contributed by atoms with Crippen LogP contribution < -0.4 is 10.0 Å². The Hall–Kier alpha value is -2.36. The molecule has 0 bridgehead atoms. The van der Waals surface area contributed by atoms with Crippen molar-refractivity contribution < 1.29 is 22.3 Å². The molecule has 1 fully saturated rings. The molecule has 2 N–H and O–H groups in total. The van der Waals surface area contributed by atoms with Gasteiger partial charge < -0.3 is 10.1 Å². The van der Waals surface area contributed by atoms with Crippen LogP contribution in [0, 0.1) is 11.7 Å². The van der Waals surface area contributed by atoms with E-state index in [-0.39, 0.29) is 16.9 Å². The molecule has 1 amide bonds. The van der Waals surface area contributed by atoms with Crippen LogP contribution in [0.1, 0.15) is 24.4 Å². The Kier molecular flexibility index (Phi) is 6.71. The highest BCUT2D eigenvalue weighted by Crippen LogP contribution is 2.29. The number of pyridine rings is 1. The highest BCUT2D eigenvalue weighted by molar-refractivity contribution is 7.89. The van der Waals surface area contributed by atoms with E-state index < -0.39 is 28.3 Å². The maximum absolute atomic E-state index is 13.3. The van der Waals surface area contributed by atoms with Gasteiger partial charge in [0, 0.05) is 25.6 Å². The van der Waals surface area contributed by atoms with E-state index in [2.05, 4.69) is 15.0 Å². The lowest BCUT2D eigenvalue weighted by Gasteiger charge is -2.31. The number of amides is 1. The van der Waals surface area contributed by atoms with E-state index in [1.54, 1.807) is 18.5 Å². The smallest absolute Gasteiger partial charge is 0.241 e. The summed E-state index contributed by atoms with van der Waals surface area (Å²) in [5, 5.41) is 2.90. The van der Waals surface area contributed by atoms with Gasteiger partial charge in [0.2, 0.25) is 15.9 Å². The molecule has 0 saturated carbocycles. The summed E-state index contributed by atoms with van der Waals surface area (Å²) in [6, 6.07) is 8.00. The van der Waals surface area contributed by atoms with Crippen LogP contribution in [0.5, 0.6) is 0 Å². The predicted molar refractivity (Wildman–Crippen MR) is 100 cm³/mol. The van der Waals surface area contributed by atoms with Crippen molar-refractivity contribution in [1.29, 1.82) is 0 Å². The molecule has 1 saturated heterocycles. The molecular weight excluding hydrogens is 385 g/mol. The molecule has 0 radical (unpaired) electrons. The van der Waals surface area contributed by atoms with Crippen molar-refractivity contribution >= 4 is 15.9 Å². The second-order valence-corrected chi connectivity index (χ2v) is 8.33. The number of aromatic nitrogens is 1. The molecule has 0 spiro atoms. The molecule has 1 aromatic carbocycles. The molecule has 1 aromatic heterocycles. The summed E-state index contributed by atoms with van der Waals surface area (Å²) in [5.41, 5.74) is 0.857. The van der Waals surface area contributed by atoms with Gasteiger partial charge in [-0.15, -0.1) is 0 Å². The van der Waals surface area contributed by atoms with Crippen LogP contribution in [0.2, 0.25) is 0 Å². The number of halogens is 1. The number of rotatable bonds is 7. The molecule has 1 aliphatic heterocycles. The number of benzene rings is 1. The maximum Gasteiger partial charge on any atom is 0.241 e. The van der Waals surface area contributed by atoms with Crippen molar-refractivity contribution in [2.75, 3.05) is 19.8 Å². The SMILES string of the molecule is O=C(CNS(=O)(=O)c1cccc(F)c1)NC(c1cccnc1)C1CCOCC1. The van der Waals surface area contributed by atoms with Crippen LogP contribution in [-0.2, 0) is 19.6 Å². The Balaban J connectivity index is 1.66. The molecule has 9 heteroatoms. The van der Waals surface area contributed by atoms with Crippen molar-refractivity contribution in [1.82, 2.24) is 15.0 Å². The van der Waals surface area contributed by atoms with Crippen LogP contribution in [0.25, 0.3) is 0 Å². The molecule has 7 nitrogen and oxygen atoms in total. The average molecular weight is 407 g/mol. The number of nitrogens with one attached hydrogen (secondary N) is 2. The average Bonchev–Trinajstić information content (AvgIpc) is 2.72. The lowest BCUT2D eigenvalue weighted by Crippen LogP contribution is -2.41. The summed E-state index contributed by atoms with van der Waals surface area (Å²) in [5.74, 6) is -0.967. The van der Waals surface area contributed by atoms with Gasteiger partial charge in [-0.1, -0.05) is 12.1 Å². The minimum Gasteiger partial charge on any atom is -0.381 e. The molecule has 0 aliphatic carbocycles. The van der Waals surface area contributed by atoms with Gasteiger partial charge >= 0.3 is 0 Å². The monoisotopic (exact) mass is 407 g/mol. The summed E-state index contributed by atoms with van der Waals surface area (Å²) in [7, 11) is -3.99. The highest BCUT2D eigenvalue weighted by Gasteiger charge is 2.27. The lowest BCUT2D eigenvalue weighted by molar-refractivity contribution is -0.121. The third-order valence-corrected chi connectivity index (χ3v) is 6.03. The van der Waals surface area contributed by atoms with E-state index in [1.165, 1.54) is 12.1 Å². The van der Waals surface area contributed by atoms with Crippen LogP contribution in [-0.4, -0.2) is 39.1 Å². The second-order valence-electron chi connectivity index (χ2n) is 6.56. The standard InChI is InChI=1S/C19H22FN3O4S/c20-16-4-1-5-17(11-16)28(25,26)22-13-18(24)23-19(14-6-9-27-10-7-14)15-3-2-8-21-12-15/h1-5,8,11-12,14,19,22H,6-7,9-10,13H2,(H,23,24). The van der Waals surface area contributed by atoms with Gasteiger partial charge in [0.25, 0.3) is 0 Å². The Labute approximate surface area is 163 Å². The zero-order valence-corrected chi connectivity index (χ0v) is 16.0.